The number of thioether (sulfide) groups is 1. The minimum absolute atomic E-state index is 0.164. The van der Waals surface area contributed by atoms with E-state index < -0.39 is 0 Å². The van der Waals surface area contributed by atoms with E-state index in [2.05, 4.69) is 61.9 Å². The number of benzene rings is 2. The molecule has 146 valence electrons. The average Bonchev–Trinajstić information content (AvgIpc) is 2.66. The van der Waals surface area contributed by atoms with Crippen molar-refractivity contribution >= 4 is 23.4 Å². The number of hydrogen-bond donors (Lipinski definition) is 0. The lowest BCUT2D eigenvalue weighted by atomic mass is 9.87. The molecule has 0 N–H and O–H groups in total. The summed E-state index contributed by atoms with van der Waals surface area (Å²) in [6.07, 6.45) is 0.822. The predicted molar refractivity (Wildman–Crippen MR) is 118 cm³/mol. The van der Waals surface area contributed by atoms with Crippen molar-refractivity contribution in [3.05, 3.63) is 76.4 Å². The molecule has 0 aliphatic heterocycles. The lowest BCUT2D eigenvalue weighted by Crippen LogP contribution is -2.10. The van der Waals surface area contributed by atoms with E-state index in [4.69, 9.17) is 16.3 Å². The highest BCUT2D eigenvalue weighted by molar-refractivity contribution is 7.98. The number of hydrogen-bond acceptors (Lipinski definition) is 4. The molecule has 1 heterocycles. The average molecular weight is 413 g/mol. The third-order valence-electron chi connectivity index (χ3n) is 4.30. The molecule has 1 aromatic heterocycles. The summed E-state index contributed by atoms with van der Waals surface area (Å²) in [4.78, 5) is 9.19. The van der Waals surface area contributed by atoms with Crippen molar-refractivity contribution in [2.45, 2.75) is 50.4 Å². The number of rotatable bonds is 6. The third-order valence-corrected chi connectivity index (χ3v) is 5.46. The second-order valence-electron chi connectivity index (χ2n) is 7.63. The lowest BCUT2D eigenvalue weighted by molar-refractivity contribution is 0.454. The van der Waals surface area contributed by atoms with E-state index in [0.29, 0.717) is 16.7 Å². The molecule has 0 amide bonds. The van der Waals surface area contributed by atoms with Gasteiger partial charge in [0.15, 0.2) is 5.16 Å². The first-order valence-electron chi connectivity index (χ1n) is 9.37. The fraction of sp³-hybridized carbons (Fsp3) is 0.304. The molecule has 0 fully saturated rings. The number of aromatic nitrogens is 2. The van der Waals surface area contributed by atoms with Crippen LogP contribution in [0.1, 0.15) is 44.5 Å². The van der Waals surface area contributed by atoms with Crippen molar-refractivity contribution in [1.82, 2.24) is 9.97 Å². The van der Waals surface area contributed by atoms with Gasteiger partial charge in [-0.15, -0.1) is 0 Å². The highest BCUT2D eigenvalue weighted by Crippen LogP contribution is 2.28. The van der Waals surface area contributed by atoms with Crippen LogP contribution in [-0.4, -0.2) is 9.97 Å². The molecule has 0 radical (unpaired) electrons. The van der Waals surface area contributed by atoms with Crippen LogP contribution in [0.25, 0.3) is 0 Å². The first kappa shape index (κ1) is 20.7. The van der Waals surface area contributed by atoms with Gasteiger partial charge in [0.25, 0.3) is 0 Å². The molecular weight excluding hydrogens is 388 g/mol. The van der Waals surface area contributed by atoms with Gasteiger partial charge >= 0.3 is 0 Å². The van der Waals surface area contributed by atoms with Crippen molar-refractivity contribution in [3.8, 4) is 11.6 Å². The maximum atomic E-state index is 6.04. The molecule has 3 aromatic rings. The van der Waals surface area contributed by atoms with E-state index in [0.717, 1.165) is 23.0 Å². The van der Waals surface area contributed by atoms with E-state index in [1.54, 1.807) is 17.8 Å². The van der Waals surface area contributed by atoms with Gasteiger partial charge in [0, 0.05) is 22.5 Å². The molecule has 2 aromatic carbocycles. The van der Waals surface area contributed by atoms with Gasteiger partial charge in [0.1, 0.15) is 5.75 Å². The molecule has 0 aliphatic rings. The Labute approximate surface area is 176 Å². The fourth-order valence-corrected chi connectivity index (χ4v) is 3.65. The van der Waals surface area contributed by atoms with Crippen LogP contribution in [0, 0.1) is 0 Å². The Morgan fingerprint density at radius 3 is 2.39 bits per heavy atom. The Balaban J connectivity index is 1.73. The molecule has 0 unspecified atom stereocenters. The second-order valence-corrected chi connectivity index (χ2v) is 9.01. The van der Waals surface area contributed by atoms with Gasteiger partial charge in [-0.3, -0.25) is 0 Å². The Morgan fingerprint density at radius 2 is 1.75 bits per heavy atom. The zero-order valence-electron chi connectivity index (χ0n) is 16.7. The minimum Gasteiger partial charge on any atom is -0.439 e. The number of halogens is 1. The van der Waals surface area contributed by atoms with Gasteiger partial charge in [-0.25, -0.2) is 4.98 Å². The van der Waals surface area contributed by atoms with Gasteiger partial charge < -0.3 is 4.74 Å². The zero-order valence-corrected chi connectivity index (χ0v) is 18.3. The molecule has 3 nitrogen and oxygen atoms in total. The highest BCUT2D eigenvalue weighted by Gasteiger charge is 2.13. The largest absolute Gasteiger partial charge is 0.439 e. The summed E-state index contributed by atoms with van der Waals surface area (Å²) < 4.78 is 5.90. The molecule has 0 bridgehead atoms. The van der Waals surface area contributed by atoms with Crippen LogP contribution in [0.3, 0.4) is 0 Å². The highest BCUT2D eigenvalue weighted by atomic mass is 35.5. The fourth-order valence-electron chi connectivity index (χ4n) is 2.65. The molecule has 5 heteroatoms. The van der Waals surface area contributed by atoms with E-state index in [9.17, 15) is 0 Å². The summed E-state index contributed by atoms with van der Waals surface area (Å²) in [6, 6.07) is 18.0. The van der Waals surface area contributed by atoms with Gasteiger partial charge in [-0.05, 0) is 41.2 Å². The summed E-state index contributed by atoms with van der Waals surface area (Å²) in [5, 5.41) is 1.35. The maximum absolute atomic E-state index is 6.04. The van der Waals surface area contributed by atoms with Gasteiger partial charge in [-0.2, -0.15) is 4.98 Å². The smallest absolute Gasteiger partial charge is 0.223 e. The lowest BCUT2D eigenvalue weighted by Gasteiger charge is -2.19. The van der Waals surface area contributed by atoms with Crippen LogP contribution in [0.5, 0.6) is 11.6 Å². The van der Waals surface area contributed by atoms with Crippen LogP contribution in [0.2, 0.25) is 5.02 Å². The Hall–Kier alpha value is -2.04. The number of ether oxygens (including phenoxy) is 1. The zero-order chi connectivity index (χ0) is 20.1. The summed E-state index contributed by atoms with van der Waals surface area (Å²) >= 11 is 7.66. The predicted octanol–water partition coefficient (Wildman–Crippen LogP) is 7.07. The van der Waals surface area contributed by atoms with Gasteiger partial charge in [0.2, 0.25) is 5.88 Å². The van der Waals surface area contributed by atoms with Gasteiger partial charge in [-0.1, -0.05) is 81.4 Å². The van der Waals surface area contributed by atoms with Crippen molar-refractivity contribution in [2.24, 2.45) is 0 Å². The molecule has 0 atom stereocenters. The molecule has 28 heavy (non-hydrogen) atoms. The first-order chi connectivity index (χ1) is 13.3. The van der Waals surface area contributed by atoms with Crippen LogP contribution in [0.15, 0.2) is 59.8 Å². The van der Waals surface area contributed by atoms with Crippen LogP contribution in [0.4, 0.5) is 0 Å². The summed E-state index contributed by atoms with van der Waals surface area (Å²) in [5.41, 5.74) is 3.71. The van der Waals surface area contributed by atoms with Crippen LogP contribution < -0.4 is 4.74 Å². The summed E-state index contributed by atoms with van der Waals surface area (Å²) in [6.45, 7) is 8.75. The SMILES string of the molecule is CCc1cc(Oc2cccc(Cl)c2)nc(SCc2ccc(C(C)(C)C)cc2)n1. The first-order valence-corrected chi connectivity index (χ1v) is 10.7. The number of aryl methyl sites for hydroxylation is 1. The quantitative estimate of drug-likeness (QED) is 0.320. The van der Waals surface area contributed by atoms with Crippen molar-refractivity contribution in [2.75, 3.05) is 0 Å². The van der Waals surface area contributed by atoms with Crippen molar-refractivity contribution in [3.63, 3.8) is 0 Å². The summed E-state index contributed by atoms with van der Waals surface area (Å²) in [7, 11) is 0. The molecular formula is C23H25ClN2OS. The van der Waals surface area contributed by atoms with Crippen LogP contribution >= 0.6 is 23.4 Å². The summed E-state index contributed by atoms with van der Waals surface area (Å²) in [5.74, 6) is 2.02. The van der Waals surface area contributed by atoms with Crippen molar-refractivity contribution in [1.29, 1.82) is 0 Å². The Morgan fingerprint density at radius 1 is 1.00 bits per heavy atom. The van der Waals surface area contributed by atoms with Gasteiger partial charge in [0.05, 0.1) is 0 Å². The topological polar surface area (TPSA) is 35.0 Å². The maximum Gasteiger partial charge on any atom is 0.223 e. The Kier molecular flexibility index (Phi) is 6.63. The van der Waals surface area contributed by atoms with E-state index >= 15 is 0 Å². The third kappa shape index (κ3) is 5.73. The molecule has 0 aliphatic carbocycles. The van der Waals surface area contributed by atoms with E-state index in [-0.39, 0.29) is 5.41 Å². The normalized spacial score (nSPS) is 11.5. The standard InChI is InChI=1S/C23H25ClN2OS/c1-5-19-14-21(27-20-8-6-7-18(24)13-20)26-22(25-19)28-15-16-9-11-17(12-10-16)23(2,3)4/h6-14H,5,15H2,1-4H3. The van der Waals surface area contributed by atoms with E-state index in [1.165, 1.54) is 11.1 Å². The second kappa shape index (κ2) is 8.97. The monoisotopic (exact) mass is 412 g/mol. The van der Waals surface area contributed by atoms with Crippen molar-refractivity contribution < 1.29 is 4.74 Å². The molecule has 3 rings (SSSR count). The van der Waals surface area contributed by atoms with E-state index in [1.807, 2.05) is 24.3 Å². The number of nitrogens with zero attached hydrogens (tertiary/aromatic N) is 2. The Bertz CT molecular complexity index is 936. The minimum atomic E-state index is 0.164. The molecule has 0 saturated heterocycles. The molecule has 0 saturated carbocycles. The van der Waals surface area contributed by atoms with Crippen LogP contribution in [-0.2, 0) is 17.6 Å². The molecule has 0 spiro atoms.